The number of rotatable bonds is 1. The molecule has 0 amide bonds. The van der Waals surface area contributed by atoms with Crippen LogP contribution in [0.5, 0.6) is 0 Å². The molecule has 3 nitrogen and oxygen atoms in total. The molecular formula is C9H9N3S2. The third-order valence-corrected chi connectivity index (χ3v) is 4.13. The summed E-state index contributed by atoms with van der Waals surface area (Å²) in [5.74, 6) is 1.02. The van der Waals surface area contributed by atoms with E-state index in [1.807, 2.05) is 6.07 Å². The predicted octanol–water partition coefficient (Wildman–Crippen LogP) is 2.50. The minimum Gasteiger partial charge on any atom is -0.300 e. The molecule has 0 fully saturated rings. The second-order valence-corrected chi connectivity index (χ2v) is 5.68. The highest BCUT2D eigenvalue weighted by atomic mass is 32.2. The van der Waals surface area contributed by atoms with Crippen LogP contribution in [0.15, 0.2) is 22.7 Å². The highest BCUT2D eigenvalue weighted by Crippen LogP contribution is 2.34. The average Bonchev–Trinajstić information content (AvgIpc) is 2.77. The Morgan fingerprint density at radius 3 is 3.21 bits per heavy atom. The van der Waals surface area contributed by atoms with Gasteiger partial charge in [0.15, 0.2) is 11.0 Å². The van der Waals surface area contributed by atoms with E-state index in [4.69, 9.17) is 0 Å². The van der Waals surface area contributed by atoms with Gasteiger partial charge in [0.1, 0.15) is 0 Å². The van der Waals surface area contributed by atoms with Gasteiger partial charge in [-0.2, -0.15) is 0 Å². The van der Waals surface area contributed by atoms with Crippen LogP contribution in [0.4, 0.5) is 0 Å². The molecule has 0 radical (unpaired) electrons. The van der Waals surface area contributed by atoms with Crippen LogP contribution in [0.1, 0.15) is 6.92 Å². The summed E-state index contributed by atoms with van der Waals surface area (Å²) in [6, 6.07) is 4.14. The molecule has 72 valence electrons. The maximum Gasteiger partial charge on any atom is 0.191 e. The second-order valence-electron chi connectivity index (χ2n) is 3.32. The Morgan fingerprint density at radius 2 is 2.43 bits per heavy atom. The number of hydrogen-bond acceptors (Lipinski definition) is 4. The van der Waals surface area contributed by atoms with Crippen molar-refractivity contribution in [3.8, 4) is 10.7 Å². The molecule has 3 heterocycles. The summed E-state index contributed by atoms with van der Waals surface area (Å²) >= 11 is 3.52. The summed E-state index contributed by atoms with van der Waals surface area (Å²) in [7, 11) is 0. The van der Waals surface area contributed by atoms with Crippen LogP contribution in [0.25, 0.3) is 10.7 Å². The van der Waals surface area contributed by atoms with Crippen LogP contribution in [-0.2, 0) is 6.54 Å². The van der Waals surface area contributed by atoms with Gasteiger partial charge >= 0.3 is 0 Å². The minimum atomic E-state index is 0.624. The van der Waals surface area contributed by atoms with Gasteiger partial charge in [0.05, 0.1) is 4.88 Å². The Hall–Kier alpha value is -0.810. The fourth-order valence-electron chi connectivity index (χ4n) is 1.60. The lowest BCUT2D eigenvalue weighted by Crippen LogP contribution is -2.01. The van der Waals surface area contributed by atoms with E-state index in [9.17, 15) is 0 Å². The number of thiophene rings is 1. The van der Waals surface area contributed by atoms with Gasteiger partial charge < -0.3 is 4.57 Å². The third kappa shape index (κ3) is 1.19. The lowest BCUT2D eigenvalue weighted by molar-refractivity contribution is 0.675. The largest absolute Gasteiger partial charge is 0.300 e. The summed E-state index contributed by atoms with van der Waals surface area (Å²) in [4.78, 5) is 1.21. The molecule has 0 aromatic carbocycles. The first-order valence-corrected chi connectivity index (χ1v) is 6.24. The summed E-state index contributed by atoms with van der Waals surface area (Å²) in [5.41, 5.74) is 0. The highest BCUT2D eigenvalue weighted by Gasteiger charge is 2.24. The number of hydrogen-bond donors (Lipinski definition) is 0. The summed E-state index contributed by atoms with van der Waals surface area (Å²) in [6.45, 7) is 3.25. The number of aromatic nitrogens is 3. The van der Waals surface area contributed by atoms with Gasteiger partial charge in [-0.1, -0.05) is 24.8 Å². The van der Waals surface area contributed by atoms with Gasteiger partial charge in [0.25, 0.3) is 0 Å². The third-order valence-electron chi connectivity index (χ3n) is 2.20. The van der Waals surface area contributed by atoms with Crippen molar-refractivity contribution in [1.29, 1.82) is 0 Å². The molecule has 0 saturated heterocycles. The summed E-state index contributed by atoms with van der Waals surface area (Å²) in [6.07, 6.45) is 0. The van der Waals surface area contributed by atoms with Crippen molar-refractivity contribution in [2.75, 3.05) is 0 Å². The highest BCUT2D eigenvalue weighted by molar-refractivity contribution is 7.99. The zero-order valence-electron chi connectivity index (χ0n) is 7.67. The van der Waals surface area contributed by atoms with Gasteiger partial charge in [-0.15, -0.1) is 21.5 Å². The van der Waals surface area contributed by atoms with Gasteiger partial charge in [-0.25, -0.2) is 0 Å². The molecule has 0 saturated carbocycles. The van der Waals surface area contributed by atoms with Gasteiger partial charge in [0, 0.05) is 11.8 Å². The Labute approximate surface area is 90.2 Å². The van der Waals surface area contributed by atoms with Crippen LogP contribution in [0.3, 0.4) is 0 Å². The van der Waals surface area contributed by atoms with Gasteiger partial charge in [-0.05, 0) is 11.4 Å². The SMILES string of the molecule is C[C@H]1Cn2c(nnc2-c2cccs2)S1. The first kappa shape index (κ1) is 8.49. The quantitative estimate of drug-likeness (QED) is 0.744. The van der Waals surface area contributed by atoms with Crippen LogP contribution < -0.4 is 0 Å². The molecule has 0 N–H and O–H groups in total. The average molecular weight is 223 g/mol. The summed E-state index contributed by atoms with van der Waals surface area (Å²) < 4.78 is 2.21. The van der Waals surface area contributed by atoms with E-state index in [0.29, 0.717) is 5.25 Å². The van der Waals surface area contributed by atoms with E-state index in [-0.39, 0.29) is 0 Å². The van der Waals surface area contributed by atoms with E-state index < -0.39 is 0 Å². The number of fused-ring (bicyclic) bond motifs is 1. The Kier molecular flexibility index (Phi) is 1.88. The normalized spacial score (nSPS) is 19.9. The zero-order chi connectivity index (χ0) is 9.54. The smallest absolute Gasteiger partial charge is 0.191 e. The second kappa shape index (κ2) is 3.10. The van der Waals surface area contributed by atoms with Crippen molar-refractivity contribution in [2.45, 2.75) is 23.9 Å². The molecule has 0 spiro atoms. The Morgan fingerprint density at radius 1 is 1.50 bits per heavy atom. The molecule has 1 aliphatic heterocycles. The Bertz CT molecular complexity index is 447. The van der Waals surface area contributed by atoms with E-state index in [0.717, 1.165) is 17.5 Å². The van der Waals surface area contributed by atoms with E-state index >= 15 is 0 Å². The molecule has 2 aromatic heterocycles. The number of nitrogens with zero attached hydrogens (tertiary/aromatic N) is 3. The molecule has 0 unspecified atom stereocenters. The van der Waals surface area contributed by atoms with Gasteiger partial charge in [0.2, 0.25) is 0 Å². The lowest BCUT2D eigenvalue weighted by Gasteiger charge is -2.00. The minimum absolute atomic E-state index is 0.624. The van der Waals surface area contributed by atoms with E-state index in [1.54, 1.807) is 23.1 Å². The van der Waals surface area contributed by atoms with E-state index in [1.165, 1.54) is 4.88 Å². The van der Waals surface area contributed by atoms with Crippen molar-refractivity contribution < 1.29 is 0 Å². The fraction of sp³-hybridized carbons (Fsp3) is 0.333. The molecule has 0 bridgehead atoms. The van der Waals surface area contributed by atoms with Crippen molar-refractivity contribution in [3.05, 3.63) is 17.5 Å². The fourth-order valence-corrected chi connectivity index (χ4v) is 3.28. The van der Waals surface area contributed by atoms with Crippen molar-refractivity contribution in [2.24, 2.45) is 0 Å². The van der Waals surface area contributed by atoms with Crippen molar-refractivity contribution in [3.63, 3.8) is 0 Å². The molecule has 14 heavy (non-hydrogen) atoms. The molecule has 2 aromatic rings. The predicted molar refractivity (Wildman–Crippen MR) is 58.7 cm³/mol. The molecule has 3 rings (SSSR count). The topological polar surface area (TPSA) is 30.7 Å². The lowest BCUT2D eigenvalue weighted by atomic mass is 10.4. The van der Waals surface area contributed by atoms with Crippen molar-refractivity contribution >= 4 is 23.1 Å². The van der Waals surface area contributed by atoms with Crippen LogP contribution in [0, 0.1) is 0 Å². The first-order valence-electron chi connectivity index (χ1n) is 4.48. The maximum atomic E-state index is 4.22. The molecule has 5 heteroatoms. The molecule has 1 aliphatic rings. The van der Waals surface area contributed by atoms with Crippen LogP contribution >= 0.6 is 23.1 Å². The Balaban J connectivity index is 2.10. The van der Waals surface area contributed by atoms with Gasteiger partial charge in [-0.3, -0.25) is 0 Å². The van der Waals surface area contributed by atoms with Crippen LogP contribution in [-0.4, -0.2) is 20.0 Å². The van der Waals surface area contributed by atoms with Crippen molar-refractivity contribution in [1.82, 2.24) is 14.8 Å². The molecule has 0 aliphatic carbocycles. The van der Waals surface area contributed by atoms with E-state index in [2.05, 4.69) is 33.1 Å². The summed E-state index contributed by atoms with van der Waals surface area (Å²) in [5, 5.41) is 12.2. The molecule has 1 atom stereocenters. The van der Waals surface area contributed by atoms with Crippen LogP contribution in [0.2, 0.25) is 0 Å². The maximum absolute atomic E-state index is 4.22. The standard InChI is InChI=1S/C9H9N3S2/c1-6-5-12-8(7-3-2-4-13-7)10-11-9(12)14-6/h2-4,6H,5H2,1H3/t6-/m0/s1. The number of thioether (sulfide) groups is 1. The monoisotopic (exact) mass is 223 g/mol. The first-order chi connectivity index (χ1) is 6.84. The zero-order valence-corrected chi connectivity index (χ0v) is 9.31. The molecular weight excluding hydrogens is 214 g/mol.